The summed E-state index contributed by atoms with van der Waals surface area (Å²) in [5.41, 5.74) is 2.96. The molecule has 0 aromatic heterocycles. The third kappa shape index (κ3) is 6.46. The number of amides is 1. The molecule has 2 aromatic rings. The second-order valence-corrected chi connectivity index (χ2v) is 9.88. The van der Waals surface area contributed by atoms with E-state index in [4.69, 9.17) is 21.5 Å². The van der Waals surface area contributed by atoms with Crippen LogP contribution in [-0.2, 0) is 27.7 Å². The summed E-state index contributed by atoms with van der Waals surface area (Å²) in [6, 6.07) is 8.75. The standard InChI is InChI=1S/C23H27ClN2O6S/c24-20-7-6-16(13-17(20)8-10-26(23(28)29)9-2-1-3-11-27)19-14-18-5-4-12-32-22(18)21(15-19)33(25,30)31/h6-7,11,13-15H,1-5,8-10,12H2,(H,28,29)(H2,25,30,31). The lowest BCUT2D eigenvalue weighted by atomic mass is 9.97. The molecule has 0 unspecified atom stereocenters. The van der Waals surface area contributed by atoms with Gasteiger partial charge in [0.15, 0.2) is 0 Å². The maximum atomic E-state index is 12.2. The molecule has 33 heavy (non-hydrogen) atoms. The first-order valence-electron chi connectivity index (χ1n) is 10.7. The number of aryl methyl sites for hydroxylation is 1. The molecule has 0 saturated heterocycles. The average molecular weight is 495 g/mol. The fraction of sp³-hybridized carbons (Fsp3) is 0.391. The highest BCUT2D eigenvalue weighted by atomic mass is 35.5. The number of sulfonamides is 1. The highest BCUT2D eigenvalue weighted by Crippen LogP contribution is 2.37. The minimum absolute atomic E-state index is 0.0430. The normalized spacial score (nSPS) is 13.2. The lowest BCUT2D eigenvalue weighted by Gasteiger charge is -2.21. The Bertz CT molecular complexity index is 1140. The fourth-order valence-electron chi connectivity index (χ4n) is 3.86. The van der Waals surface area contributed by atoms with Gasteiger partial charge in [0.1, 0.15) is 16.9 Å². The molecular weight excluding hydrogens is 468 g/mol. The Balaban J connectivity index is 1.85. The van der Waals surface area contributed by atoms with Crippen molar-refractivity contribution in [3.63, 3.8) is 0 Å². The van der Waals surface area contributed by atoms with Crippen molar-refractivity contribution in [1.82, 2.24) is 4.90 Å². The van der Waals surface area contributed by atoms with Gasteiger partial charge in [0.05, 0.1) is 6.61 Å². The fourth-order valence-corrected chi connectivity index (χ4v) is 4.81. The summed E-state index contributed by atoms with van der Waals surface area (Å²) in [7, 11) is -3.98. The summed E-state index contributed by atoms with van der Waals surface area (Å²) in [5.74, 6) is 0.313. The monoisotopic (exact) mass is 494 g/mol. The molecule has 178 valence electrons. The van der Waals surface area contributed by atoms with E-state index < -0.39 is 16.1 Å². The van der Waals surface area contributed by atoms with Crippen molar-refractivity contribution in [3.8, 4) is 16.9 Å². The van der Waals surface area contributed by atoms with Gasteiger partial charge in [-0.3, -0.25) is 0 Å². The van der Waals surface area contributed by atoms with Crippen LogP contribution in [0.15, 0.2) is 35.2 Å². The van der Waals surface area contributed by atoms with Crippen molar-refractivity contribution < 1.29 is 27.9 Å². The van der Waals surface area contributed by atoms with Gasteiger partial charge in [-0.15, -0.1) is 0 Å². The first-order valence-corrected chi connectivity index (χ1v) is 12.7. The Labute approximate surface area is 198 Å². The number of fused-ring (bicyclic) bond motifs is 1. The Morgan fingerprint density at radius 1 is 1.18 bits per heavy atom. The van der Waals surface area contributed by atoms with E-state index in [1.54, 1.807) is 12.1 Å². The van der Waals surface area contributed by atoms with E-state index in [1.165, 1.54) is 11.0 Å². The van der Waals surface area contributed by atoms with E-state index in [0.717, 1.165) is 29.4 Å². The predicted octanol–water partition coefficient (Wildman–Crippen LogP) is 3.87. The number of nitrogens with zero attached hydrogens (tertiary/aromatic N) is 1. The molecule has 0 radical (unpaired) electrons. The number of carboxylic acid groups (broad SMARTS) is 1. The van der Waals surface area contributed by atoms with Crippen LogP contribution in [0.3, 0.4) is 0 Å². The number of rotatable bonds is 10. The topological polar surface area (TPSA) is 127 Å². The van der Waals surface area contributed by atoms with E-state index in [-0.39, 0.29) is 11.4 Å². The van der Waals surface area contributed by atoms with Crippen LogP contribution in [0.5, 0.6) is 5.75 Å². The molecule has 0 aliphatic carbocycles. The van der Waals surface area contributed by atoms with Crippen LogP contribution < -0.4 is 9.88 Å². The zero-order valence-electron chi connectivity index (χ0n) is 18.1. The Morgan fingerprint density at radius 3 is 2.67 bits per heavy atom. The number of aldehydes is 1. The van der Waals surface area contributed by atoms with Crippen LogP contribution >= 0.6 is 11.6 Å². The summed E-state index contributed by atoms with van der Waals surface area (Å²) in [6.07, 6.45) is 3.31. The van der Waals surface area contributed by atoms with Crippen LogP contribution in [0, 0.1) is 0 Å². The lowest BCUT2D eigenvalue weighted by molar-refractivity contribution is -0.107. The number of hydrogen-bond acceptors (Lipinski definition) is 5. The van der Waals surface area contributed by atoms with Gasteiger partial charge in [-0.25, -0.2) is 18.4 Å². The highest BCUT2D eigenvalue weighted by molar-refractivity contribution is 7.89. The number of carbonyl (C=O) groups is 2. The van der Waals surface area contributed by atoms with E-state index in [0.29, 0.717) is 61.6 Å². The van der Waals surface area contributed by atoms with Crippen molar-refractivity contribution in [3.05, 3.63) is 46.5 Å². The molecule has 1 aliphatic heterocycles. The lowest BCUT2D eigenvalue weighted by Crippen LogP contribution is -2.32. The molecule has 3 rings (SSSR count). The molecule has 0 bridgehead atoms. The van der Waals surface area contributed by atoms with Crippen molar-refractivity contribution in [2.24, 2.45) is 5.14 Å². The number of primary sulfonamides is 1. The van der Waals surface area contributed by atoms with Crippen molar-refractivity contribution >= 4 is 34.0 Å². The van der Waals surface area contributed by atoms with E-state index in [2.05, 4.69) is 0 Å². The SMILES string of the molecule is NS(=O)(=O)c1cc(-c2ccc(Cl)c(CCN(CCCCC=O)C(=O)O)c2)cc2c1OCCC2. The molecule has 2 aromatic carbocycles. The summed E-state index contributed by atoms with van der Waals surface area (Å²) >= 11 is 6.37. The van der Waals surface area contributed by atoms with Gasteiger partial charge in [-0.1, -0.05) is 17.7 Å². The molecule has 0 fully saturated rings. The van der Waals surface area contributed by atoms with Crippen LogP contribution in [0.2, 0.25) is 5.02 Å². The van der Waals surface area contributed by atoms with Gasteiger partial charge >= 0.3 is 6.09 Å². The number of benzene rings is 2. The maximum Gasteiger partial charge on any atom is 0.407 e. The molecule has 0 saturated carbocycles. The van der Waals surface area contributed by atoms with Gasteiger partial charge in [0.2, 0.25) is 10.0 Å². The minimum Gasteiger partial charge on any atom is -0.492 e. The number of carbonyl (C=O) groups excluding carboxylic acids is 1. The van der Waals surface area contributed by atoms with E-state index >= 15 is 0 Å². The molecule has 3 N–H and O–H groups in total. The Morgan fingerprint density at radius 2 is 1.97 bits per heavy atom. The Kier molecular flexibility index (Phi) is 8.34. The average Bonchev–Trinajstić information content (AvgIpc) is 2.78. The molecule has 1 heterocycles. The second kappa shape index (κ2) is 11.0. The van der Waals surface area contributed by atoms with Crippen LogP contribution in [0.1, 0.15) is 36.8 Å². The van der Waals surface area contributed by atoms with Crippen LogP contribution in [-0.4, -0.2) is 50.5 Å². The summed E-state index contributed by atoms with van der Waals surface area (Å²) in [5, 5.41) is 15.4. The quantitative estimate of drug-likeness (QED) is 0.381. The molecular formula is C23H27ClN2O6S. The maximum absolute atomic E-state index is 12.2. The van der Waals surface area contributed by atoms with Crippen molar-refractivity contribution in [2.75, 3.05) is 19.7 Å². The van der Waals surface area contributed by atoms with Crippen LogP contribution in [0.25, 0.3) is 11.1 Å². The number of nitrogens with two attached hydrogens (primary N) is 1. The Hall–Kier alpha value is -2.62. The number of unbranched alkanes of at least 4 members (excludes halogenated alkanes) is 2. The third-order valence-electron chi connectivity index (χ3n) is 5.58. The molecule has 0 atom stereocenters. The van der Waals surface area contributed by atoms with Crippen molar-refractivity contribution in [1.29, 1.82) is 0 Å². The van der Waals surface area contributed by atoms with Crippen LogP contribution in [0.4, 0.5) is 4.79 Å². The molecule has 1 amide bonds. The third-order valence-corrected chi connectivity index (χ3v) is 6.86. The van der Waals surface area contributed by atoms with Gasteiger partial charge in [0.25, 0.3) is 0 Å². The van der Waals surface area contributed by atoms with Gasteiger partial charge < -0.3 is 19.5 Å². The van der Waals surface area contributed by atoms with Gasteiger partial charge in [-0.2, -0.15) is 0 Å². The zero-order valence-corrected chi connectivity index (χ0v) is 19.7. The summed E-state index contributed by atoms with van der Waals surface area (Å²) in [4.78, 5) is 23.3. The molecule has 10 heteroatoms. The van der Waals surface area contributed by atoms with Crippen molar-refractivity contribution in [2.45, 2.75) is 43.4 Å². The zero-order chi connectivity index (χ0) is 24.0. The molecule has 1 aliphatic rings. The van der Waals surface area contributed by atoms with E-state index in [1.807, 2.05) is 12.1 Å². The number of ether oxygens (including phenoxy) is 1. The molecule has 0 spiro atoms. The minimum atomic E-state index is -3.98. The smallest absolute Gasteiger partial charge is 0.407 e. The first-order chi connectivity index (χ1) is 15.7. The van der Waals surface area contributed by atoms with E-state index in [9.17, 15) is 23.1 Å². The first kappa shape index (κ1) is 25.0. The largest absolute Gasteiger partial charge is 0.492 e. The number of hydrogen-bond donors (Lipinski definition) is 2. The summed E-state index contributed by atoms with van der Waals surface area (Å²) < 4.78 is 29.9. The molecule has 8 nitrogen and oxygen atoms in total. The highest BCUT2D eigenvalue weighted by Gasteiger charge is 2.23. The summed E-state index contributed by atoms with van der Waals surface area (Å²) in [6.45, 7) is 1.03. The predicted molar refractivity (Wildman–Crippen MR) is 125 cm³/mol. The van der Waals surface area contributed by atoms with Gasteiger partial charge in [0, 0.05) is 24.5 Å². The number of halogens is 1. The second-order valence-electron chi connectivity index (χ2n) is 7.95. The van der Waals surface area contributed by atoms with Gasteiger partial charge in [-0.05, 0) is 78.6 Å².